The summed E-state index contributed by atoms with van der Waals surface area (Å²) in [6.07, 6.45) is 4.73. The second-order valence-corrected chi connectivity index (χ2v) is 4.53. The average Bonchev–Trinajstić information content (AvgIpc) is 2.81. The van der Waals surface area contributed by atoms with Crippen LogP contribution in [-0.4, -0.2) is 37.8 Å². The van der Waals surface area contributed by atoms with Gasteiger partial charge in [0.1, 0.15) is 5.82 Å². The highest BCUT2D eigenvalue weighted by molar-refractivity contribution is 5.44. The number of ether oxygens (including phenoxy) is 1. The van der Waals surface area contributed by atoms with Gasteiger partial charge in [-0.1, -0.05) is 0 Å². The lowest BCUT2D eigenvalue weighted by atomic mass is 10.3. The standard InChI is InChI=1S/C12H18N6O2/c1-8(2)20-11-10(14-6-7-15-11)13-5-3-4-9-16-12(19)18-17-9/h6-8H,3-5H2,1-2H3,(H,13,14)(H2,16,17,18,19). The molecular weight excluding hydrogens is 260 g/mol. The van der Waals surface area contributed by atoms with Gasteiger partial charge in [0.15, 0.2) is 5.82 Å². The van der Waals surface area contributed by atoms with Crippen molar-refractivity contribution in [1.29, 1.82) is 0 Å². The Hall–Kier alpha value is -2.38. The second-order valence-electron chi connectivity index (χ2n) is 4.53. The van der Waals surface area contributed by atoms with E-state index < -0.39 is 0 Å². The van der Waals surface area contributed by atoms with Crippen LogP contribution in [0.4, 0.5) is 5.82 Å². The molecule has 0 aliphatic rings. The molecule has 0 aliphatic heterocycles. The highest BCUT2D eigenvalue weighted by Crippen LogP contribution is 2.18. The predicted molar refractivity (Wildman–Crippen MR) is 73.8 cm³/mol. The molecule has 0 unspecified atom stereocenters. The predicted octanol–water partition coefficient (Wildman–Crippen LogP) is 0.720. The average molecular weight is 278 g/mol. The maximum Gasteiger partial charge on any atom is 0.340 e. The topological polar surface area (TPSA) is 109 Å². The quantitative estimate of drug-likeness (QED) is 0.644. The van der Waals surface area contributed by atoms with Crippen molar-refractivity contribution in [2.75, 3.05) is 11.9 Å². The van der Waals surface area contributed by atoms with E-state index >= 15 is 0 Å². The van der Waals surface area contributed by atoms with Crippen LogP contribution in [0.1, 0.15) is 26.1 Å². The third-order valence-electron chi connectivity index (χ3n) is 2.45. The number of nitrogens with zero attached hydrogens (tertiary/aromatic N) is 3. The number of aryl methyl sites for hydroxylation is 1. The number of H-pyrrole nitrogens is 2. The van der Waals surface area contributed by atoms with E-state index in [9.17, 15) is 4.79 Å². The second kappa shape index (κ2) is 6.69. The Labute approximate surface area is 116 Å². The Morgan fingerprint density at radius 2 is 2.15 bits per heavy atom. The minimum atomic E-state index is -0.283. The molecule has 0 bridgehead atoms. The first-order chi connectivity index (χ1) is 9.65. The summed E-state index contributed by atoms with van der Waals surface area (Å²) in [6, 6.07) is 0. The number of hydrogen-bond acceptors (Lipinski definition) is 6. The molecule has 3 N–H and O–H groups in total. The molecule has 2 aromatic rings. The van der Waals surface area contributed by atoms with E-state index in [1.165, 1.54) is 0 Å². The fraction of sp³-hybridized carbons (Fsp3) is 0.500. The Morgan fingerprint density at radius 3 is 2.85 bits per heavy atom. The van der Waals surface area contributed by atoms with Crippen molar-refractivity contribution in [3.8, 4) is 5.88 Å². The summed E-state index contributed by atoms with van der Waals surface area (Å²) >= 11 is 0. The number of rotatable bonds is 7. The van der Waals surface area contributed by atoms with Crippen LogP contribution < -0.4 is 15.7 Å². The highest BCUT2D eigenvalue weighted by atomic mass is 16.5. The van der Waals surface area contributed by atoms with Gasteiger partial charge in [-0.25, -0.2) is 19.9 Å². The lowest BCUT2D eigenvalue weighted by molar-refractivity contribution is 0.233. The van der Waals surface area contributed by atoms with E-state index in [1.807, 2.05) is 13.8 Å². The first kappa shape index (κ1) is 14.0. The van der Waals surface area contributed by atoms with Crippen molar-refractivity contribution in [2.24, 2.45) is 0 Å². The Balaban J connectivity index is 1.83. The lowest BCUT2D eigenvalue weighted by Gasteiger charge is -2.12. The summed E-state index contributed by atoms with van der Waals surface area (Å²) in [5, 5.41) is 9.34. The van der Waals surface area contributed by atoms with Gasteiger partial charge in [-0.15, -0.1) is 0 Å². The molecule has 0 aliphatic carbocycles. The maximum absolute atomic E-state index is 10.9. The van der Waals surface area contributed by atoms with Gasteiger partial charge in [0, 0.05) is 25.4 Å². The van der Waals surface area contributed by atoms with Crippen LogP contribution >= 0.6 is 0 Å². The molecule has 0 saturated heterocycles. The molecule has 0 amide bonds. The first-order valence-corrected chi connectivity index (χ1v) is 6.50. The number of anilines is 1. The molecule has 2 rings (SSSR count). The van der Waals surface area contributed by atoms with Crippen LogP contribution in [0.5, 0.6) is 5.88 Å². The van der Waals surface area contributed by atoms with E-state index in [2.05, 4.69) is 30.5 Å². The largest absolute Gasteiger partial charge is 0.472 e. The summed E-state index contributed by atoms with van der Waals surface area (Å²) in [5.41, 5.74) is -0.283. The number of aromatic amines is 2. The zero-order valence-corrected chi connectivity index (χ0v) is 11.5. The normalized spacial score (nSPS) is 10.8. The summed E-state index contributed by atoms with van der Waals surface area (Å²) in [4.78, 5) is 21.8. The SMILES string of the molecule is CC(C)Oc1nccnc1NCCCc1n[nH]c(=O)[nH]1. The van der Waals surface area contributed by atoms with Gasteiger partial charge in [0.25, 0.3) is 5.88 Å². The summed E-state index contributed by atoms with van der Waals surface area (Å²) < 4.78 is 5.56. The van der Waals surface area contributed by atoms with E-state index in [1.54, 1.807) is 12.4 Å². The number of nitrogens with one attached hydrogen (secondary N) is 3. The molecule has 108 valence electrons. The van der Waals surface area contributed by atoms with Gasteiger partial charge in [-0.2, -0.15) is 5.10 Å². The highest BCUT2D eigenvalue weighted by Gasteiger charge is 2.07. The summed E-state index contributed by atoms with van der Waals surface area (Å²) in [6.45, 7) is 4.56. The lowest BCUT2D eigenvalue weighted by Crippen LogP contribution is -2.12. The van der Waals surface area contributed by atoms with Gasteiger partial charge in [-0.05, 0) is 20.3 Å². The number of hydrogen-bond donors (Lipinski definition) is 3. The molecule has 8 nitrogen and oxygen atoms in total. The van der Waals surface area contributed by atoms with Crippen LogP contribution in [0, 0.1) is 0 Å². The van der Waals surface area contributed by atoms with Crippen molar-refractivity contribution in [3.63, 3.8) is 0 Å². The minimum Gasteiger partial charge on any atom is -0.472 e. The van der Waals surface area contributed by atoms with Gasteiger partial charge >= 0.3 is 5.69 Å². The van der Waals surface area contributed by atoms with Crippen LogP contribution in [0.3, 0.4) is 0 Å². The summed E-state index contributed by atoms with van der Waals surface area (Å²) in [5.74, 6) is 1.77. The molecule has 2 aromatic heterocycles. The molecular formula is C12H18N6O2. The van der Waals surface area contributed by atoms with Crippen molar-refractivity contribution in [2.45, 2.75) is 32.8 Å². The fourth-order valence-electron chi connectivity index (χ4n) is 1.64. The first-order valence-electron chi connectivity index (χ1n) is 6.50. The molecule has 2 heterocycles. The van der Waals surface area contributed by atoms with Crippen molar-refractivity contribution < 1.29 is 4.74 Å². The van der Waals surface area contributed by atoms with Crippen LogP contribution in [0.15, 0.2) is 17.2 Å². The molecule has 0 saturated carbocycles. The third kappa shape index (κ3) is 4.08. The zero-order valence-electron chi connectivity index (χ0n) is 11.5. The molecule has 0 radical (unpaired) electrons. The minimum absolute atomic E-state index is 0.0429. The molecule has 0 atom stereocenters. The Kier molecular flexibility index (Phi) is 4.70. The number of aromatic nitrogens is 5. The van der Waals surface area contributed by atoms with Crippen LogP contribution in [-0.2, 0) is 6.42 Å². The Morgan fingerprint density at radius 1 is 1.35 bits per heavy atom. The van der Waals surface area contributed by atoms with Crippen molar-refractivity contribution >= 4 is 5.82 Å². The van der Waals surface area contributed by atoms with E-state index in [4.69, 9.17) is 4.74 Å². The molecule has 8 heteroatoms. The van der Waals surface area contributed by atoms with Gasteiger partial charge in [0.2, 0.25) is 0 Å². The van der Waals surface area contributed by atoms with Gasteiger partial charge in [-0.3, -0.25) is 4.98 Å². The third-order valence-corrected chi connectivity index (χ3v) is 2.45. The Bertz CT molecular complexity index is 591. The zero-order chi connectivity index (χ0) is 14.4. The summed E-state index contributed by atoms with van der Waals surface area (Å²) in [7, 11) is 0. The molecule has 20 heavy (non-hydrogen) atoms. The molecule has 0 fully saturated rings. The van der Waals surface area contributed by atoms with Gasteiger partial charge < -0.3 is 10.1 Å². The van der Waals surface area contributed by atoms with E-state index in [0.29, 0.717) is 30.5 Å². The van der Waals surface area contributed by atoms with Crippen molar-refractivity contribution in [3.05, 3.63) is 28.7 Å². The van der Waals surface area contributed by atoms with Crippen molar-refractivity contribution in [1.82, 2.24) is 25.1 Å². The molecule has 0 aromatic carbocycles. The van der Waals surface area contributed by atoms with E-state index in [-0.39, 0.29) is 11.8 Å². The maximum atomic E-state index is 10.9. The fourth-order valence-corrected chi connectivity index (χ4v) is 1.64. The molecule has 0 spiro atoms. The van der Waals surface area contributed by atoms with E-state index in [0.717, 1.165) is 6.42 Å². The monoisotopic (exact) mass is 278 g/mol. The van der Waals surface area contributed by atoms with Gasteiger partial charge in [0.05, 0.1) is 6.10 Å². The van der Waals surface area contributed by atoms with Crippen LogP contribution in [0.25, 0.3) is 0 Å². The smallest absolute Gasteiger partial charge is 0.340 e. The van der Waals surface area contributed by atoms with Crippen LogP contribution in [0.2, 0.25) is 0 Å².